The van der Waals surface area contributed by atoms with Gasteiger partial charge < -0.3 is 19.5 Å². The molecule has 0 saturated heterocycles. The molecule has 0 atom stereocenters. The lowest BCUT2D eigenvalue weighted by Gasteiger charge is -2.11. The van der Waals surface area contributed by atoms with Gasteiger partial charge in [-0.3, -0.25) is 9.78 Å². The Labute approximate surface area is 149 Å². The number of nitrogens with zero attached hydrogens (tertiary/aromatic N) is 2. The highest BCUT2D eigenvalue weighted by molar-refractivity contribution is 5.65. The molecule has 0 spiro atoms. The molecule has 2 aromatic carbocycles. The number of H-pyrrole nitrogens is 1. The van der Waals surface area contributed by atoms with Gasteiger partial charge in [-0.15, -0.1) is 10.2 Å². The summed E-state index contributed by atoms with van der Waals surface area (Å²) in [6, 6.07) is 12.2. The topological polar surface area (TPSA) is 98.4 Å². The van der Waals surface area contributed by atoms with E-state index in [1.807, 2.05) is 0 Å². The number of hydrogen-bond donors (Lipinski definition) is 2. The number of hydrogen-bond acceptors (Lipinski definition) is 7. The number of aromatic nitrogens is 3. The Balaban J connectivity index is 1.89. The predicted octanol–water partition coefficient (Wildman–Crippen LogP) is 2.60. The molecule has 0 radical (unpaired) electrons. The highest BCUT2D eigenvalue weighted by Crippen LogP contribution is 2.30. The molecular formula is C18H18N4O4. The number of anilines is 2. The van der Waals surface area contributed by atoms with Gasteiger partial charge in [0.2, 0.25) is 5.95 Å². The van der Waals surface area contributed by atoms with Crippen LogP contribution in [-0.4, -0.2) is 36.5 Å². The first-order valence-electron chi connectivity index (χ1n) is 7.75. The normalized spacial score (nSPS) is 10.3. The van der Waals surface area contributed by atoms with Gasteiger partial charge in [0.15, 0.2) is 5.69 Å². The van der Waals surface area contributed by atoms with Crippen molar-refractivity contribution in [2.45, 2.75) is 0 Å². The third-order valence-corrected chi connectivity index (χ3v) is 3.72. The van der Waals surface area contributed by atoms with Crippen molar-refractivity contribution in [3.63, 3.8) is 0 Å². The summed E-state index contributed by atoms with van der Waals surface area (Å²) in [7, 11) is 4.69. The highest BCUT2D eigenvalue weighted by atomic mass is 16.5. The molecule has 1 aromatic heterocycles. The van der Waals surface area contributed by atoms with E-state index in [9.17, 15) is 4.79 Å². The van der Waals surface area contributed by atoms with Crippen LogP contribution in [0.2, 0.25) is 0 Å². The molecule has 0 amide bonds. The maximum absolute atomic E-state index is 12.4. The van der Waals surface area contributed by atoms with Crippen molar-refractivity contribution in [3.8, 4) is 28.5 Å². The standard InChI is InChI=1S/C18H18N4O4/c1-24-12-6-4-11(5-7-12)16-17(23)20-18(22-21-16)19-14-10-13(25-2)8-9-15(14)26-3/h4-10H,1-3H3,(H2,19,20,22,23). The Morgan fingerprint density at radius 1 is 0.885 bits per heavy atom. The molecule has 0 bridgehead atoms. The number of rotatable bonds is 6. The van der Waals surface area contributed by atoms with Gasteiger partial charge in [-0.05, 0) is 36.4 Å². The first-order valence-corrected chi connectivity index (χ1v) is 7.75. The lowest BCUT2D eigenvalue weighted by Crippen LogP contribution is -2.15. The minimum absolute atomic E-state index is 0.193. The Morgan fingerprint density at radius 2 is 1.58 bits per heavy atom. The van der Waals surface area contributed by atoms with Gasteiger partial charge in [0.1, 0.15) is 17.2 Å². The van der Waals surface area contributed by atoms with E-state index in [0.29, 0.717) is 28.5 Å². The summed E-state index contributed by atoms with van der Waals surface area (Å²) in [5.41, 5.74) is 1.09. The number of aromatic amines is 1. The molecule has 1 heterocycles. The summed E-state index contributed by atoms with van der Waals surface area (Å²) >= 11 is 0. The summed E-state index contributed by atoms with van der Waals surface area (Å²) in [5.74, 6) is 2.10. The molecular weight excluding hydrogens is 336 g/mol. The number of ether oxygens (including phenoxy) is 3. The number of nitrogens with one attached hydrogen (secondary N) is 2. The van der Waals surface area contributed by atoms with E-state index < -0.39 is 0 Å². The fraction of sp³-hybridized carbons (Fsp3) is 0.167. The molecule has 0 saturated carbocycles. The first kappa shape index (κ1) is 17.3. The van der Waals surface area contributed by atoms with Gasteiger partial charge in [0.25, 0.3) is 5.56 Å². The third kappa shape index (κ3) is 3.59. The van der Waals surface area contributed by atoms with E-state index in [-0.39, 0.29) is 17.2 Å². The van der Waals surface area contributed by atoms with Gasteiger partial charge in [-0.25, -0.2) is 0 Å². The second kappa shape index (κ2) is 7.56. The Hall–Kier alpha value is -3.55. The highest BCUT2D eigenvalue weighted by Gasteiger charge is 2.10. The predicted molar refractivity (Wildman–Crippen MR) is 97.5 cm³/mol. The molecule has 8 heteroatoms. The van der Waals surface area contributed by atoms with Crippen molar-refractivity contribution < 1.29 is 14.2 Å². The molecule has 0 aliphatic carbocycles. The molecule has 26 heavy (non-hydrogen) atoms. The van der Waals surface area contributed by atoms with Crippen LogP contribution in [-0.2, 0) is 0 Å². The van der Waals surface area contributed by atoms with Crippen molar-refractivity contribution in [3.05, 3.63) is 52.8 Å². The van der Waals surface area contributed by atoms with Crippen LogP contribution < -0.4 is 25.1 Å². The quantitative estimate of drug-likeness (QED) is 0.702. The largest absolute Gasteiger partial charge is 0.497 e. The molecule has 0 aliphatic rings. The Morgan fingerprint density at radius 3 is 2.19 bits per heavy atom. The molecule has 3 aromatic rings. The minimum atomic E-state index is -0.366. The molecule has 0 aliphatic heterocycles. The lowest BCUT2D eigenvalue weighted by atomic mass is 10.1. The van der Waals surface area contributed by atoms with Crippen LogP contribution in [0, 0.1) is 0 Å². The van der Waals surface area contributed by atoms with Crippen LogP contribution in [0.4, 0.5) is 11.6 Å². The third-order valence-electron chi connectivity index (χ3n) is 3.72. The van der Waals surface area contributed by atoms with E-state index in [2.05, 4.69) is 20.5 Å². The lowest BCUT2D eigenvalue weighted by molar-refractivity contribution is 0.404. The summed E-state index contributed by atoms with van der Waals surface area (Å²) < 4.78 is 15.6. The van der Waals surface area contributed by atoms with Crippen LogP contribution in [0.15, 0.2) is 47.3 Å². The SMILES string of the molecule is COc1ccc(-c2nnc(Nc3cc(OC)ccc3OC)[nH]c2=O)cc1. The van der Waals surface area contributed by atoms with Gasteiger partial charge in [0, 0.05) is 11.6 Å². The smallest absolute Gasteiger partial charge is 0.279 e. The summed E-state index contributed by atoms with van der Waals surface area (Å²) in [4.78, 5) is 15.0. The maximum Gasteiger partial charge on any atom is 0.279 e. The average molecular weight is 354 g/mol. The second-order valence-electron chi connectivity index (χ2n) is 5.27. The molecule has 134 valence electrons. The summed E-state index contributed by atoms with van der Waals surface area (Å²) in [6.45, 7) is 0. The van der Waals surface area contributed by atoms with Crippen molar-refractivity contribution in [2.24, 2.45) is 0 Å². The monoisotopic (exact) mass is 354 g/mol. The van der Waals surface area contributed by atoms with Crippen molar-refractivity contribution >= 4 is 11.6 Å². The van der Waals surface area contributed by atoms with Gasteiger partial charge in [0.05, 0.1) is 27.0 Å². The fourth-order valence-electron chi connectivity index (χ4n) is 2.37. The Kier molecular flexibility index (Phi) is 5.02. The van der Waals surface area contributed by atoms with Gasteiger partial charge in [-0.1, -0.05) is 0 Å². The van der Waals surface area contributed by atoms with Crippen LogP contribution in [0.3, 0.4) is 0 Å². The fourth-order valence-corrected chi connectivity index (χ4v) is 2.37. The molecule has 8 nitrogen and oxygen atoms in total. The number of benzene rings is 2. The maximum atomic E-state index is 12.4. The van der Waals surface area contributed by atoms with Crippen molar-refractivity contribution in [1.29, 1.82) is 0 Å². The van der Waals surface area contributed by atoms with Crippen LogP contribution in [0.5, 0.6) is 17.2 Å². The van der Waals surface area contributed by atoms with Crippen molar-refractivity contribution in [2.75, 3.05) is 26.6 Å². The van der Waals surface area contributed by atoms with E-state index in [4.69, 9.17) is 14.2 Å². The van der Waals surface area contributed by atoms with Crippen LogP contribution in [0.1, 0.15) is 0 Å². The van der Waals surface area contributed by atoms with Crippen molar-refractivity contribution in [1.82, 2.24) is 15.2 Å². The van der Waals surface area contributed by atoms with E-state index >= 15 is 0 Å². The van der Waals surface area contributed by atoms with Crippen LogP contribution >= 0.6 is 0 Å². The van der Waals surface area contributed by atoms with Gasteiger partial charge >= 0.3 is 0 Å². The number of methoxy groups -OCH3 is 3. The minimum Gasteiger partial charge on any atom is -0.497 e. The zero-order valence-corrected chi connectivity index (χ0v) is 14.6. The summed E-state index contributed by atoms with van der Waals surface area (Å²) in [5, 5.41) is 11.1. The second-order valence-corrected chi connectivity index (χ2v) is 5.27. The molecule has 0 fully saturated rings. The zero-order valence-electron chi connectivity index (χ0n) is 14.6. The van der Waals surface area contributed by atoms with Gasteiger partial charge in [-0.2, -0.15) is 0 Å². The Bertz CT molecular complexity index is 954. The van der Waals surface area contributed by atoms with Crippen LogP contribution in [0.25, 0.3) is 11.3 Å². The molecule has 0 unspecified atom stereocenters. The van der Waals surface area contributed by atoms with E-state index in [0.717, 1.165) is 0 Å². The van der Waals surface area contributed by atoms with E-state index in [1.165, 1.54) is 0 Å². The molecule has 3 rings (SSSR count). The molecule has 2 N–H and O–H groups in total. The first-order chi connectivity index (χ1) is 12.6. The zero-order chi connectivity index (χ0) is 18.5. The summed E-state index contributed by atoms with van der Waals surface area (Å²) in [6.07, 6.45) is 0. The average Bonchev–Trinajstić information content (AvgIpc) is 2.68. The van der Waals surface area contributed by atoms with E-state index in [1.54, 1.807) is 63.8 Å².